The third-order valence-corrected chi connectivity index (χ3v) is 17.2. The summed E-state index contributed by atoms with van der Waals surface area (Å²) in [6, 6.07) is 0. The van der Waals surface area contributed by atoms with Crippen LogP contribution in [0.4, 0.5) is 0 Å². The largest absolute Gasteiger partial charge is 0.466 e. The molecule has 0 bridgehead atoms. The van der Waals surface area contributed by atoms with Crippen LogP contribution in [0.15, 0.2) is 24.3 Å². The van der Waals surface area contributed by atoms with Gasteiger partial charge in [0.25, 0.3) is 0 Å². The van der Waals surface area contributed by atoms with Gasteiger partial charge in [-0.2, -0.15) is 0 Å². The fourth-order valence-electron chi connectivity index (χ4n) is 11.5. The maximum atomic E-state index is 13.1. The summed E-state index contributed by atoms with van der Waals surface area (Å²) in [6.45, 7) is 12.7. The van der Waals surface area contributed by atoms with E-state index in [9.17, 15) is 9.59 Å². The molecule has 0 N–H and O–H groups in total. The summed E-state index contributed by atoms with van der Waals surface area (Å²) in [7, 11) is 0. The molecule has 0 aromatic heterocycles. The van der Waals surface area contributed by atoms with Crippen molar-refractivity contribution in [1.29, 1.82) is 0 Å². The molecule has 0 fully saturated rings. The predicted molar refractivity (Wildman–Crippen MR) is 363 cm³/mol. The summed E-state index contributed by atoms with van der Waals surface area (Å²) < 4.78 is 11.3. The van der Waals surface area contributed by atoms with E-state index in [-0.39, 0.29) is 17.9 Å². The Morgan fingerprint density at radius 2 is 0.457 bits per heavy atom. The Kier molecular flexibility index (Phi) is 76.9. The van der Waals surface area contributed by atoms with E-state index >= 15 is 0 Å². The van der Waals surface area contributed by atoms with E-state index < -0.39 is 0 Å². The molecule has 0 rings (SSSR count). The summed E-state index contributed by atoms with van der Waals surface area (Å²) in [6.07, 6.45) is 92.0. The number of carbonyl (C=O) groups excluding carboxylic acids is 2. The van der Waals surface area contributed by atoms with Gasteiger partial charge in [-0.05, 0) is 83.5 Å². The van der Waals surface area contributed by atoms with Crippen LogP contribution in [0.2, 0.25) is 0 Å². The Morgan fingerprint density at radius 3 is 0.741 bits per heavy atom. The first kappa shape index (κ1) is 81.5. The average molecular weight is 1140 g/mol. The Morgan fingerprint density at radius 1 is 0.247 bits per heavy atom. The van der Waals surface area contributed by atoms with Crippen LogP contribution in [0.3, 0.4) is 0 Å². The van der Waals surface area contributed by atoms with Gasteiger partial charge in [0.05, 0.1) is 19.1 Å². The minimum atomic E-state index is 0.0152. The summed E-state index contributed by atoms with van der Waals surface area (Å²) in [5.74, 6) is 0.252. The quantitative estimate of drug-likeness (QED) is 0.0346. The second kappa shape index (κ2) is 76.4. The SMILES string of the molecule is CCCCCC/C=C\CCCCCCC(CCCCCCCCCCCCCC)C(=O)OCCCCCCCCCCCCCC.CCCCCC/C=C\CCCCCCCC(=O)OCCCCCCCCCCCCCCCCC. The highest BCUT2D eigenvalue weighted by molar-refractivity contribution is 5.72. The van der Waals surface area contributed by atoms with Crippen molar-refractivity contribution in [1.82, 2.24) is 0 Å². The fourth-order valence-corrected chi connectivity index (χ4v) is 11.5. The number of carbonyl (C=O) groups is 2. The van der Waals surface area contributed by atoms with E-state index in [1.807, 2.05) is 0 Å². The van der Waals surface area contributed by atoms with Gasteiger partial charge in [0.2, 0.25) is 0 Å². The first-order chi connectivity index (χ1) is 40.1. The third-order valence-electron chi connectivity index (χ3n) is 17.2. The van der Waals surface area contributed by atoms with Crippen molar-refractivity contribution in [3.05, 3.63) is 24.3 Å². The van der Waals surface area contributed by atoms with Crippen molar-refractivity contribution in [2.75, 3.05) is 13.2 Å². The molecule has 0 amide bonds. The molecule has 0 aromatic carbocycles. The molecule has 0 aromatic rings. The first-order valence-corrected chi connectivity index (χ1v) is 37.7. The molecular formula is C77H150O4. The van der Waals surface area contributed by atoms with E-state index in [4.69, 9.17) is 9.47 Å². The molecule has 0 saturated heterocycles. The van der Waals surface area contributed by atoms with Crippen molar-refractivity contribution in [3.8, 4) is 0 Å². The lowest BCUT2D eigenvalue weighted by Crippen LogP contribution is -2.18. The molecule has 4 nitrogen and oxygen atoms in total. The van der Waals surface area contributed by atoms with Crippen molar-refractivity contribution < 1.29 is 19.1 Å². The van der Waals surface area contributed by atoms with E-state index in [1.165, 1.54) is 360 Å². The zero-order valence-electron chi connectivity index (χ0n) is 56.5. The zero-order valence-corrected chi connectivity index (χ0v) is 56.5. The van der Waals surface area contributed by atoms with E-state index in [1.54, 1.807) is 0 Å². The predicted octanol–water partition coefficient (Wildman–Crippen LogP) is 27.5. The van der Waals surface area contributed by atoms with Crippen molar-refractivity contribution in [2.24, 2.45) is 5.92 Å². The lowest BCUT2D eigenvalue weighted by atomic mass is 9.94. The van der Waals surface area contributed by atoms with Gasteiger partial charge >= 0.3 is 11.9 Å². The minimum Gasteiger partial charge on any atom is -0.466 e. The number of unbranched alkanes of at least 4 members (excludes halogenated alkanes) is 53. The molecule has 0 aliphatic heterocycles. The van der Waals surface area contributed by atoms with Crippen LogP contribution in [0, 0.1) is 5.92 Å². The molecular weight excluding hydrogens is 989 g/mol. The monoisotopic (exact) mass is 1140 g/mol. The number of esters is 2. The van der Waals surface area contributed by atoms with Gasteiger partial charge in [-0.1, -0.05) is 374 Å². The van der Waals surface area contributed by atoms with E-state index in [2.05, 4.69) is 58.9 Å². The molecule has 0 saturated carbocycles. The zero-order chi connectivity index (χ0) is 58.9. The smallest absolute Gasteiger partial charge is 0.308 e. The summed E-state index contributed by atoms with van der Waals surface area (Å²) in [5, 5.41) is 0. The van der Waals surface area contributed by atoms with Gasteiger partial charge in [0.1, 0.15) is 0 Å². The second-order valence-electron chi connectivity index (χ2n) is 25.5. The van der Waals surface area contributed by atoms with Gasteiger partial charge in [-0.3, -0.25) is 9.59 Å². The Labute approximate surface area is 511 Å². The summed E-state index contributed by atoms with van der Waals surface area (Å²) >= 11 is 0. The molecule has 0 aliphatic rings. The van der Waals surface area contributed by atoms with Gasteiger partial charge in [-0.15, -0.1) is 0 Å². The average Bonchev–Trinajstić information content (AvgIpc) is 3.47. The number of hydrogen-bond donors (Lipinski definition) is 0. The Hall–Kier alpha value is -1.58. The Balaban J connectivity index is 0. The molecule has 0 heterocycles. The highest BCUT2D eigenvalue weighted by Gasteiger charge is 2.19. The molecule has 1 unspecified atom stereocenters. The van der Waals surface area contributed by atoms with Crippen LogP contribution < -0.4 is 0 Å². The minimum absolute atomic E-state index is 0.0152. The number of hydrogen-bond acceptors (Lipinski definition) is 4. The van der Waals surface area contributed by atoms with Gasteiger partial charge in [-0.25, -0.2) is 0 Å². The number of rotatable bonds is 68. The fraction of sp³-hybridized carbons (Fsp3) is 0.922. The Bertz CT molecular complexity index is 1210. The summed E-state index contributed by atoms with van der Waals surface area (Å²) in [4.78, 5) is 24.9. The lowest BCUT2D eigenvalue weighted by molar-refractivity contribution is -0.149. The number of ether oxygens (including phenoxy) is 2. The number of allylic oxidation sites excluding steroid dienone is 4. The molecule has 0 aliphatic carbocycles. The van der Waals surface area contributed by atoms with Gasteiger partial charge in [0, 0.05) is 6.42 Å². The van der Waals surface area contributed by atoms with Crippen LogP contribution in [-0.2, 0) is 19.1 Å². The lowest BCUT2D eigenvalue weighted by Gasteiger charge is -2.16. The van der Waals surface area contributed by atoms with Crippen molar-refractivity contribution >= 4 is 11.9 Å². The molecule has 0 spiro atoms. The molecule has 81 heavy (non-hydrogen) atoms. The van der Waals surface area contributed by atoms with Gasteiger partial charge in [0.15, 0.2) is 0 Å². The molecule has 0 radical (unpaired) electrons. The first-order valence-electron chi connectivity index (χ1n) is 37.7. The highest BCUT2D eigenvalue weighted by atomic mass is 16.5. The van der Waals surface area contributed by atoms with Crippen LogP contribution in [0.5, 0.6) is 0 Å². The highest BCUT2D eigenvalue weighted by Crippen LogP contribution is 2.23. The molecule has 1 atom stereocenters. The van der Waals surface area contributed by atoms with E-state index in [0.717, 1.165) is 38.5 Å². The maximum absolute atomic E-state index is 13.1. The normalized spacial score (nSPS) is 12.0. The third kappa shape index (κ3) is 74.5. The van der Waals surface area contributed by atoms with Crippen LogP contribution >= 0.6 is 0 Å². The van der Waals surface area contributed by atoms with Crippen LogP contribution in [-0.4, -0.2) is 25.2 Å². The van der Waals surface area contributed by atoms with E-state index in [0.29, 0.717) is 19.6 Å². The topological polar surface area (TPSA) is 52.6 Å². The van der Waals surface area contributed by atoms with Gasteiger partial charge < -0.3 is 9.47 Å². The summed E-state index contributed by atoms with van der Waals surface area (Å²) in [5.41, 5.74) is 0. The van der Waals surface area contributed by atoms with Crippen LogP contribution in [0.1, 0.15) is 439 Å². The maximum Gasteiger partial charge on any atom is 0.308 e. The standard InChI is InChI=1S/C44H86O2.C33H64O2/c1-4-7-10-13-16-19-22-25-28-31-34-37-40-43(41-38-35-32-29-26-23-20-17-14-11-8-5-2)44(45)46-42-39-36-33-30-27-24-21-18-15-12-9-6-3;1-3-5-7-9-11-13-15-17-18-20-22-24-26-28-30-32-35-33(34)31-29-27-25-23-21-19-16-14-12-10-8-6-4-2/h19,22,43H,4-18,20-21,23-42H2,1-3H3;14,16H,3-13,15,17-32H2,1-2H3/b22-19-;16-14-. The second-order valence-corrected chi connectivity index (χ2v) is 25.5. The van der Waals surface area contributed by atoms with Crippen LogP contribution in [0.25, 0.3) is 0 Å². The molecule has 4 heteroatoms. The van der Waals surface area contributed by atoms with Crippen molar-refractivity contribution in [2.45, 2.75) is 439 Å². The molecule has 482 valence electrons. The van der Waals surface area contributed by atoms with Crippen molar-refractivity contribution in [3.63, 3.8) is 0 Å².